The minimum absolute atomic E-state index is 0.155. The molecule has 0 unspecified atom stereocenters. The zero-order valence-electron chi connectivity index (χ0n) is 18.3. The summed E-state index contributed by atoms with van der Waals surface area (Å²) in [4.78, 5) is 12.2. The molecule has 0 aliphatic heterocycles. The summed E-state index contributed by atoms with van der Waals surface area (Å²) < 4.78 is 18.0. The highest BCUT2D eigenvalue weighted by molar-refractivity contribution is 9.10. The first-order valence-corrected chi connectivity index (χ1v) is 11.4. The van der Waals surface area contributed by atoms with E-state index in [0.29, 0.717) is 24.7 Å². The summed E-state index contributed by atoms with van der Waals surface area (Å²) in [5.41, 5.74) is 3.24. The number of hydrogen-bond acceptors (Lipinski definition) is 5. The molecule has 0 bridgehead atoms. The molecule has 1 N–H and O–H groups in total. The Bertz CT molecular complexity index is 1080. The van der Waals surface area contributed by atoms with Crippen LogP contribution in [0.1, 0.15) is 32.3 Å². The van der Waals surface area contributed by atoms with Gasteiger partial charge >= 0.3 is 0 Å². The van der Waals surface area contributed by atoms with Crippen molar-refractivity contribution in [1.29, 1.82) is 0 Å². The van der Waals surface area contributed by atoms with Crippen LogP contribution in [0, 0.1) is 0 Å². The number of hydrogen-bond donors (Lipinski definition) is 1. The van der Waals surface area contributed by atoms with Gasteiger partial charge in [-0.3, -0.25) is 4.79 Å². The Balaban J connectivity index is 1.59. The third-order valence-electron chi connectivity index (χ3n) is 4.50. The molecule has 168 valence electrons. The van der Waals surface area contributed by atoms with Crippen molar-refractivity contribution in [2.75, 3.05) is 19.8 Å². The quantitative estimate of drug-likeness (QED) is 0.271. The number of fused-ring (bicyclic) bond motifs is 1. The van der Waals surface area contributed by atoms with Crippen LogP contribution in [0.25, 0.3) is 10.8 Å². The van der Waals surface area contributed by atoms with Crippen LogP contribution in [0.4, 0.5) is 0 Å². The van der Waals surface area contributed by atoms with Crippen LogP contribution in [-0.4, -0.2) is 31.9 Å². The van der Waals surface area contributed by atoms with E-state index in [1.165, 1.54) is 0 Å². The fraction of sp³-hybridized carbons (Fsp3) is 0.280. The molecule has 0 aromatic heterocycles. The molecule has 0 radical (unpaired) electrons. The monoisotopic (exact) mass is 498 g/mol. The predicted molar refractivity (Wildman–Crippen MR) is 131 cm³/mol. The lowest BCUT2D eigenvalue weighted by molar-refractivity contribution is -0.123. The van der Waals surface area contributed by atoms with Crippen LogP contribution in [0.5, 0.6) is 17.2 Å². The Morgan fingerprint density at radius 2 is 1.75 bits per heavy atom. The summed E-state index contributed by atoms with van der Waals surface area (Å²) >= 11 is 3.55. The minimum Gasteiger partial charge on any atom is -0.493 e. The lowest BCUT2D eigenvalue weighted by Gasteiger charge is -2.11. The van der Waals surface area contributed by atoms with Gasteiger partial charge in [0.1, 0.15) is 17.2 Å². The first-order valence-electron chi connectivity index (χ1n) is 10.6. The number of carbonyl (C=O) groups excluding carboxylic acids is 1. The van der Waals surface area contributed by atoms with Crippen LogP contribution in [0.3, 0.4) is 0 Å². The van der Waals surface area contributed by atoms with Crippen molar-refractivity contribution in [3.8, 4) is 17.2 Å². The van der Waals surface area contributed by atoms with E-state index in [0.717, 1.165) is 39.4 Å². The Hall–Kier alpha value is -3.06. The van der Waals surface area contributed by atoms with E-state index in [1.807, 2.05) is 61.5 Å². The molecule has 0 spiro atoms. The van der Waals surface area contributed by atoms with Gasteiger partial charge in [-0.2, -0.15) is 5.10 Å². The average molecular weight is 499 g/mol. The van der Waals surface area contributed by atoms with Gasteiger partial charge in [0.2, 0.25) is 0 Å². The Morgan fingerprint density at radius 3 is 2.56 bits per heavy atom. The van der Waals surface area contributed by atoms with Crippen molar-refractivity contribution in [2.45, 2.75) is 26.7 Å². The summed E-state index contributed by atoms with van der Waals surface area (Å²) in [7, 11) is 0. The first-order chi connectivity index (χ1) is 15.6. The molecule has 6 nitrogen and oxygen atoms in total. The van der Waals surface area contributed by atoms with E-state index < -0.39 is 0 Å². The standard InChI is InChI=1S/C25H27BrN2O4/c1-3-13-30-20-11-9-19(23(15-20)31-14-4-2)16-27-28-24(29)17-32-22-12-10-18-7-5-6-8-21(18)25(22)26/h5-12,15-16H,3-4,13-14,17H2,1-2H3,(H,28,29). The van der Waals surface area contributed by atoms with Gasteiger partial charge in [0.15, 0.2) is 6.61 Å². The number of rotatable bonds is 11. The molecule has 0 aliphatic rings. The number of benzene rings is 3. The van der Waals surface area contributed by atoms with Crippen LogP contribution >= 0.6 is 15.9 Å². The van der Waals surface area contributed by atoms with E-state index in [4.69, 9.17) is 14.2 Å². The molecule has 0 saturated carbocycles. The van der Waals surface area contributed by atoms with E-state index in [1.54, 1.807) is 6.21 Å². The van der Waals surface area contributed by atoms with Crippen LogP contribution in [0.2, 0.25) is 0 Å². The summed E-state index contributed by atoms with van der Waals surface area (Å²) in [6, 6.07) is 17.3. The molecular weight excluding hydrogens is 472 g/mol. The highest BCUT2D eigenvalue weighted by Gasteiger charge is 2.09. The first kappa shape index (κ1) is 23.6. The second-order valence-corrected chi connectivity index (χ2v) is 7.87. The van der Waals surface area contributed by atoms with Crippen molar-refractivity contribution < 1.29 is 19.0 Å². The largest absolute Gasteiger partial charge is 0.493 e. The summed E-state index contributed by atoms with van der Waals surface area (Å²) in [6.07, 6.45) is 3.37. The average Bonchev–Trinajstić information content (AvgIpc) is 2.82. The van der Waals surface area contributed by atoms with Crippen molar-refractivity contribution in [3.63, 3.8) is 0 Å². The summed E-state index contributed by atoms with van der Waals surface area (Å²) in [5, 5.41) is 6.16. The van der Waals surface area contributed by atoms with Crippen molar-refractivity contribution in [2.24, 2.45) is 5.10 Å². The number of carbonyl (C=O) groups is 1. The fourth-order valence-electron chi connectivity index (χ4n) is 2.94. The van der Waals surface area contributed by atoms with Gasteiger partial charge in [-0.05, 0) is 57.7 Å². The van der Waals surface area contributed by atoms with Gasteiger partial charge in [-0.15, -0.1) is 0 Å². The van der Waals surface area contributed by atoms with E-state index in [2.05, 4.69) is 33.4 Å². The van der Waals surface area contributed by atoms with Gasteiger partial charge in [0.05, 0.1) is 23.9 Å². The van der Waals surface area contributed by atoms with Crippen LogP contribution in [-0.2, 0) is 4.79 Å². The predicted octanol–water partition coefficient (Wildman–Crippen LogP) is 5.71. The lowest BCUT2D eigenvalue weighted by Crippen LogP contribution is -2.24. The topological polar surface area (TPSA) is 69.2 Å². The normalized spacial score (nSPS) is 11.0. The maximum atomic E-state index is 12.2. The van der Waals surface area contributed by atoms with Crippen molar-refractivity contribution in [3.05, 3.63) is 64.6 Å². The maximum absolute atomic E-state index is 12.2. The SMILES string of the molecule is CCCOc1ccc(C=NNC(=O)COc2ccc3ccccc3c2Br)c(OCCC)c1. The third kappa shape index (κ3) is 6.47. The second-order valence-electron chi connectivity index (χ2n) is 7.08. The van der Waals surface area contributed by atoms with Gasteiger partial charge < -0.3 is 14.2 Å². The van der Waals surface area contributed by atoms with Gasteiger partial charge in [-0.25, -0.2) is 5.43 Å². The number of hydrazone groups is 1. The molecule has 3 aromatic carbocycles. The van der Waals surface area contributed by atoms with Crippen molar-refractivity contribution >= 4 is 38.8 Å². The van der Waals surface area contributed by atoms with Crippen molar-refractivity contribution in [1.82, 2.24) is 5.43 Å². The number of nitrogens with one attached hydrogen (secondary N) is 1. The molecule has 0 aliphatic carbocycles. The number of amides is 1. The highest BCUT2D eigenvalue weighted by atomic mass is 79.9. The van der Waals surface area contributed by atoms with Crippen LogP contribution in [0.15, 0.2) is 64.2 Å². The smallest absolute Gasteiger partial charge is 0.277 e. The fourth-order valence-corrected chi connectivity index (χ4v) is 3.55. The second kappa shape index (κ2) is 12.1. The van der Waals surface area contributed by atoms with Gasteiger partial charge in [-0.1, -0.05) is 44.2 Å². The number of halogens is 1. The Labute approximate surface area is 196 Å². The van der Waals surface area contributed by atoms with E-state index in [-0.39, 0.29) is 12.5 Å². The zero-order valence-corrected chi connectivity index (χ0v) is 19.9. The van der Waals surface area contributed by atoms with E-state index in [9.17, 15) is 4.79 Å². The van der Waals surface area contributed by atoms with Crippen LogP contribution < -0.4 is 19.6 Å². The zero-order chi connectivity index (χ0) is 22.8. The molecular formula is C25H27BrN2O4. The molecule has 7 heteroatoms. The van der Waals surface area contributed by atoms with E-state index >= 15 is 0 Å². The molecule has 3 rings (SSSR count). The number of ether oxygens (including phenoxy) is 3. The third-order valence-corrected chi connectivity index (χ3v) is 5.32. The Morgan fingerprint density at radius 1 is 0.969 bits per heavy atom. The highest BCUT2D eigenvalue weighted by Crippen LogP contribution is 2.33. The summed E-state index contributed by atoms with van der Waals surface area (Å²) in [6.45, 7) is 5.17. The van der Waals surface area contributed by atoms with Gasteiger partial charge in [0.25, 0.3) is 5.91 Å². The molecule has 32 heavy (non-hydrogen) atoms. The molecule has 0 heterocycles. The molecule has 0 atom stereocenters. The lowest BCUT2D eigenvalue weighted by atomic mass is 10.1. The number of nitrogens with zero attached hydrogens (tertiary/aromatic N) is 1. The molecule has 0 fully saturated rings. The molecule has 0 saturated heterocycles. The molecule has 1 amide bonds. The van der Waals surface area contributed by atoms with Gasteiger partial charge in [0, 0.05) is 11.6 Å². The molecule has 3 aromatic rings. The maximum Gasteiger partial charge on any atom is 0.277 e. The summed E-state index contributed by atoms with van der Waals surface area (Å²) in [5.74, 6) is 1.64. The minimum atomic E-state index is -0.361. The Kier molecular flexibility index (Phi) is 8.92.